The van der Waals surface area contributed by atoms with E-state index >= 15 is 0 Å². The van der Waals surface area contributed by atoms with E-state index in [9.17, 15) is 4.79 Å². The Kier molecular flexibility index (Phi) is 5.44. The fraction of sp³-hybridized carbons (Fsp3) is 0.750. The molecule has 4 nitrogen and oxygen atoms in total. The molecule has 100 valence electrons. The van der Waals surface area contributed by atoms with E-state index in [1.165, 1.54) is 19.3 Å². The van der Waals surface area contributed by atoms with Crippen LogP contribution in [-0.4, -0.2) is 27.9 Å². The molecule has 1 N–H and O–H groups in total. The van der Waals surface area contributed by atoms with Crippen LogP contribution < -0.4 is 5.32 Å². The summed E-state index contributed by atoms with van der Waals surface area (Å²) in [6.45, 7) is 1.94. The van der Waals surface area contributed by atoms with E-state index in [0.29, 0.717) is 12.5 Å². The van der Waals surface area contributed by atoms with Crippen molar-refractivity contribution in [3.8, 4) is 0 Å². The van der Waals surface area contributed by atoms with Crippen molar-refractivity contribution in [3.05, 3.63) is 5.01 Å². The lowest BCUT2D eigenvalue weighted by Gasteiger charge is -2.22. The largest absolute Gasteiger partial charge is 0.353 e. The summed E-state index contributed by atoms with van der Waals surface area (Å²) in [6, 6.07) is 0.417. The van der Waals surface area contributed by atoms with Crippen LogP contribution in [0.1, 0.15) is 43.5 Å². The Balaban J connectivity index is 1.62. The summed E-state index contributed by atoms with van der Waals surface area (Å²) in [5.74, 6) is 0.961. The molecular weight excluding hydrogens is 266 g/mol. The van der Waals surface area contributed by atoms with Crippen LogP contribution in [0.25, 0.3) is 0 Å². The van der Waals surface area contributed by atoms with Crippen molar-refractivity contribution in [1.29, 1.82) is 0 Å². The SMILES string of the molecule is Cc1nnc(SCCC(=O)NC2CCCCC2)s1. The summed E-state index contributed by atoms with van der Waals surface area (Å²) < 4.78 is 0.956. The van der Waals surface area contributed by atoms with Crippen molar-refractivity contribution in [2.75, 3.05) is 5.75 Å². The van der Waals surface area contributed by atoms with Crippen molar-refractivity contribution >= 4 is 29.0 Å². The van der Waals surface area contributed by atoms with Crippen LogP contribution in [0.5, 0.6) is 0 Å². The molecular formula is C12H19N3OS2. The molecule has 1 aliphatic rings. The maximum absolute atomic E-state index is 11.7. The summed E-state index contributed by atoms with van der Waals surface area (Å²) in [4.78, 5) is 11.7. The number of hydrogen-bond acceptors (Lipinski definition) is 5. The quantitative estimate of drug-likeness (QED) is 0.845. The molecule has 1 saturated carbocycles. The van der Waals surface area contributed by atoms with Gasteiger partial charge < -0.3 is 5.32 Å². The minimum absolute atomic E-state index is 0.177. The van der Waals surface area contributed by atoms with Crippen molar-refractivity contribution in [2.45, 2.75) is 55.8 Å². The number of rotatable bonds is 5. The second kappa shape index (κ2) is 7.09. The summed E-state index contributed by atoms with van der Waals surface area (Å²) >= 11 is 3.20. The summed E-state index contributed by atoms with van der Waals surface area (Å²) in [6.07, 6.45) is 6.69. The van der Waals surface area contributed by atoms with Gasteiger partial charge in [0.1, 0.15) is 5.01 Å². The monoisotopic (exact) mass is 285 g/mol. The van der Waals surface area contributed by atoms with E-state index in [4.69, 9.17) is 0 Å². The topological polar surface area (TPSA) is 54.9 Å². The normalized spacial score (nSPS) is 16.7. The van der Waals surface area contributed by atoms with Crippen molar-refractivity contribution in [2.24, 2.45) is 0 Å². The second-order valence-electron chi connectivity index (χ2n) is 4.59. The number of amides is 1. The molecule has 18 heavy (non-hydrogen) atoms. The number of thioether (sulfide) groups is 1. The van der Waals surface area contributed by atoms with Gasteiger partial charge in [0.2, 0.25) is 5.91 Å². The van der Waals surface area contributed by atoms with Crippen LogP contribution in [-0.2, 0) is 4.79 Å². The predicted molar refractivity (Wildman–Crippen MR) is 75.0 cm³/mol. The van der Waals surface area contributed by atoms with Gasteiger partial charge in [0.25, 0.3) is 0 Å². The Morgan fingerprint density at radius 1 is 1.39 bits per heavy atom. The fourth-order valence-electron chi connectivity index (χ4n) is 2.11. The highest BCUT2D eigenvalue weighted by atomic mass is 32.2. The number of aryl methyl sites for hydroxylation is 1. The number of carbonyl (C=O) groups excluding carboxylic acids is 1. The van der Waals surface area contributed by atoms with E-state index in [0.717, 1.165) is 27.9 Å². The summed E-state index contributed by atoms with van der Waals surface area (Å²) in [5.41, 5.74) is 0. The highest BCUT2D eigenvalue weighted by Crippen LogP contribution is 2.22. The Bertz CT molecular complexity index is 388. The maximum Gasteiger partial charge on any atom is 0.221 e. The molecule has 0 unspecified atom stereocenters. The summed E-state index contributed by atoms with van der Waals surface area (Å²) in [5, 5.41) is 12.1. The minimum Gasteiger partial charge on any atom is -0.353 e. The van der Waals surface area contributed by atoms with E-state index in [2.05, 4.69) is 15.5 Å². The van der Waals surface area contributed by atoms with Crippen LogP contribution in [0.4, 0.5) is 0 Å². The number of nitrogens with one attached hydrogen (secondary N) is 1. The van der Waals surface area contributed by atoms with Gasteiger partial charge in [-0.25, -0.2) is 0 Å². The molecule has 0 saturated heterocycles. The van der Waals surface area contributed by atoms with Gasteiger partial charge in [0.15, 0.2) is 4.34 Å². The third-order valence-corrected chi connectivity index (χ3v) is 5.01. The zero-order valence-electron chi connectivity index (χ0n) is 10.6. The first-order chi connectivity index (χ1) is 8.74. The standard InChI is InChI=1S/C12H19N3OS2/c1-9-14-15-12(18-9)17-8-7-11(16)13-10-5-3-2-4-6-10/h10H,2-8H2,1H3,(H,13,16). The molecule has 6 heteroatoms. The average Bonchev–Trinajstić information content (AvgIpc) is 2.76. The molecule has 1 heterocycles. The first-order valence-electron chi connectivity index (χ1n) is 6.46. The van der Waals surface area contributed by atoms with Gasteiger partial charge in [-0.3, -0.25) is 4.79 Å². The van der Waals surface area contributed by atoms with Crippen LogP contribution in [0.15, 0.2) is 4.34 Å². The minimum atomic E-state index is 0.177. The molecule has 0 bridgehead atoms. The number of hydrogen-bond donors (Lipinski definition) is 1. The van der Waals surface area contributed by atoms with Gasteiger partial charge in [-0.05, 0) is 19.8 Å². The van der Waals surface area contributed by atoms with Crippen molar-refractivity contribution in [1.82, 2.24) is 15.5 Å². The highest BCUT2D eigenvalue weighted by molar-refractivity contribution is 8.01. The first-order valence-corrected chi connectivity index (χ1v) is 8.26. The van der Waals surface area contributed by atoms with Gasteiger partial charge in [-0.15, -0.1) is 10.2 Å². The molecule has 2 rings (SSSR count). The van der Waals surface area contributed by atoms with Crippen molar-refractivity contribution < 1.29 is 4.79 Å². The Hall–Kier alpha value is -0.620. The van der Waals surface area contributed by atoms with Crippen LogP contribution >= 0.6 is 23.1 Å². The summed E-state index contributed by atoms with van der Waals surface area (Å²) in [7, 11) is 0. The maximum atomic E-state index is 11.7. The Labute approximate surface area is 116 Å². The van der Waals surface area contributed by atoms with E-state index in [1.54, 1.807) is 23.1 Å². The number of nitrogens with zero attached hydrogens (tertiary/aromatic N) is 2. The molecule has 1 amide bonds. The molecule has 0 aromatic carbocycles. The van der Waals surface area contributed by atoms with E-state index < -0.39 is 0 Å². The molecule has 1 aliphatic carbocycles. The van der Waals surface area contributed by atoms with Gasteiger partial charge in [-0.2, -0.15) is 0 Å². The molecule has 0 radical (unpaired) electrons. The number of aromatic nitrogens is 2. The van der Waals surface area contributed by atoms with E-state index in [1.807, 2.05) is 6.92 Å². The van der Waals surface area contributed by atoms with Gasteiger partial charge in [0, 0.05) is 18.2 Å². The van der Waals surface area contributed by atoms with Crippen LogP contribution in [0, 0.1) is 6.92 Å². The first kappa shape index (κ1) is 13.8. The molecule has 0 spiro atoms. The molecule has 1 aromatic heterocycles. The molecule has 1 aromatic rings. The predicted octanol–water partition coefficient (Wildman–Crippen LogP) is 2.78. The average molecular weight is 285 g/mol. The van der Waals surface area contributed by atoms with Gasteiger partial charge in [0.05, 0.1) is 0 Å². The van der Waals surface area contributed by atoms with Gasteiger partial charge >= 0.3 is 0 Å². The number of carbonyl (C=O) groups is 1. The second-order valence-corrected chi connectivity index (χ2v) is 7.11. The van der Waals surface area contributed by atoms with Crippen molar-refractivity contribution in [3.63, 3.8) is 0 Å². The smallest absolute Gasteiger partial charge is 0.221 e. The zero-order valence-corrected chi connectivity index (χ0v) is 12.3. The van der Waals surface area contributed by atoms with Crippen LogP contribution in [0.2, 0.25) is 0 Å². The molecule has 1 fully saturated rings. The third-order valence-electron chi connectivity index (χ3n) is 3.03. The van der Waals surface area contributed by atoms with Gasteiger partial charge in [-0.1, -0.05) is 42.4 Å². The zero-order chi connectivity index (χ0) is 12.8. The Morgan fingerprint density at radius 2 is 2.17 bits per heavy atom. The van der Waals surface area contributed by atoms with Crippen LogP contribution in [0.3, 0.4) is 0 Å². The highest BCUT2D eigenvalue weighted by Gasteiger charge is 2.15. The lowest BCUT2D eigenvalue weighted by atomic mass is 9.95. The Morgan fingerprint density at radius 3 is 2.83 bits per heavy atom. The lowest BCUT2D eigenvalue weighted by Crippen LogP contribution is -2.36. The lowest BCUT2D eigenvalue weighted by molar-refractivity contribution is -0.121. The fourth-order valence-corrected chi connectivity index (χ4v) is 3.94. The third kappa shape index (κ3) is 4.57. The molecule has 0 aliphatic heterocycles. The molecule has 0 atom stereocenters. The van der Waals surface area contributed by atoms with E-state index in [-0.39, 0.29) is 5.91 Å².